The second-order valence-corrected chi connectivity index (χ2v) is 7.72. The van der Waals surface area contributed by atoms with Crippen molar-refractivity contribution in [3.05, 3.63) is 69.8 Å². The van der Waals surface area contributed by atoms with E-state index in [-0.39, 0.29) is 22.8 Å². The maximum Gasteiger partial charge on any atom is 0.343 e. The smallest absolute Gasteiger partial charge is 0.343 e. The van der Waals surface area contributed by atoms with Gasteiger partial charge in [0, 0.05) is 17.8 Å². The van der Waals surface area contributed by atoms with Crippen LogP contribution in [0.15, 0.2) is 51.7 Å². The number of phenolic OH excluding ortho intramolecular Hbond substituents is 1. The molecule has 0 fully saturated rings. The van der Waals surface area contributed by atoms with E-state index in [1.54, 1.807) is 43.3 Å². The van der Waals surface area contributed by atoms with Crippen LogP contribution in [-0.4, -0.2) is 37.4 Å². The fourth-order valence-corrected chi connectivity index (χ4v) is 4.11. The van der Waals surface area contributed by atoms with E-state index in [4.69, 9.17) is 23.4 Å². The van der Waals surface area contributed by atoms with E-state index in [0.29, 0.717) is 41.7 Å². The highest BCUT2D eigenvalue weighted by Gasteiger charge is 2.43. The quantitative estimate of drug-likeness (QED) is 0.622. The second kappa shape index (κ2) is 8.09. The van der Waals surface area contributed by atoms with Crippen molar-refractivity contribution >= 4 is 11.6 Å². The Kier molecular flexibility index (Phi) is 5.08. The molecule has 1 amide bonds. The molecule has 3 aromatic rings. The summed E-state index contributed by atoms with van der Waals surface area (Å²) >= 11 is 0. The van der Waals surface area contributed by atoms with Crippen LogP contribution in [0.4, 0.5) is 5.69 Å². The highest BCUT2D eigenvalue weighted by Crippen LogP contribution is 2.43. The maximum absolute atomic E-state index is 13.3. The van der Waals surface area contributed by atoms with Crippen LogP contribution in [0.2, 0.25) is 0 Å². The third-order valence-electron chi connectivity index (χ3n) is 5.57. The molecule has 0 aliphatic carbocycles. The highest BCUT2D eigenvalue weighted by molar-refractivity contribution is 5.96. The summed E-state index contributed by atoms with van der Waals surface area (Å²) in [5.74, 6) is 0.642. The molecule has 1 aromatic heterocycles. The molecular weight excluding hydrogens is 430 g/mol. The van der Waals surface area contributed by atoms with Crippen LogP contribution in [0.25, 0.3) is 0 Å². The average Bonchev–Trinajstić information content (AvgIpc) is 3.19. The highest BCUT2D eigenvalue weighted by atomic mass is 16.6. The molecule has 2 aliphatic heterocycles. The Hall–Kier alpha value is -4.14. The maximum atomic E-state index is 13.3. The Morgan fingerprint density at radius 2 is 1.85 bits per heavy atom. The summed E-state index contributed by atoms with van der Waals surface area (Å²) in [5, 5.41) is 13.1. The molecule has 2 atom stereocenters. The number of aryl methyl sites for hydroxylation is 1. The Balaban J connectivity index is 1.51. The number of nitrogens with one attached hydrogen (secondary N) is 1. The fourth-order valence-electron chi connectivity index (χ4n) is 4.11. The normalized spacial score (nSPS) is 18.2. The van der Waals surface area contributed by atoms with Crippen molar-refractivity contribution in [1.82, 2.24) is 0 Å². The number of methoxy groups -OCH3 is 1. The first-order valence-corrected chi connectivity index (χ1v) is 10.3. The number of amides is 1. The van der Waals surface area contributed by atoms with E-state index < -0.39 is 23.6 Å². The largest absolute Gasteiger partial charge is 0.504 e. The number of phenols is 1. The number of hydrogen-bond acceptors (Lipinski definition) is 8. The molecule has 9 nitrogen and oxygen atoms in total. The molecule has 2 N–H and O–H groups in total. The summed E-state index contributed by atoms with van der Waals surface area (Å²) in [6.45, 7) is 2.51. The van der Waals surface area contributed by atoms with E-state index in [0.717, 1.165) is 0 Å². The Bertz CT molecular complexity index is 1300. The van der Waals surface area contributed by atoms with Crippen molar-refractivity contribution in [1.29, 1.82) is 0 Å². The molecule has 5 rings (SSSR count). The van der Waals surface area contributed by atoms with Crippen LogP contribution in [0.5, 0.6) is 28.7 Å². The monoisotopic (exact) mass is 451 g/mol. The van der Waals surface area contributed by atoms with Crippen LogP contribution in [0.1, 0.15) is 22.8 Å². The van der Waals surface area contributed by atoms with Crippen molar-refractivity contribution < 1.29 is 33.3 Å². The predicted molar refractivity (Wildman–Crippen MR) is 117 cm³/mol. The van der Waals surface area contributed by atoms with E-state index in [9.17, 15) is 14.7 Å². The minimum Gasteiger partial charge on any atom is -0.504 e. The lowest BCUT2D eigenvalue weighted by atomic mass is 9.88. The first kappa shape index (κ1) is 20.7. The third kappa shape index (κ3) is 3.71. The molecule has 0 spiro atoms. The summed E-state index contributed by atoms with van der Waals surface area (Å²) in [5.41, 5.74) is 0.612. The van der Waals surface area contributed by atoms with Crippen LogP contribution < -0.4 is 29.9 Å². The molecular formula is C24H21NO8. The zero-order chi connectivity index (χ0) is 23.1. The Morgan fingerprint density at radius 1 is 1.06 bits per heavy atom. The van der Waals surface area contributed by atoms with Crippen LogP contribution in [-0.2, 0) is 4.79 Å². The summed E-state index contributed by atoms with van der Waals surface area (Å²) in [6.07, 6.45) is -1.08. The average molecular weight is 451 g/mol. The zero-order valence-electron chi connectivity index (χ0n) is 17.9. The molecule has 33 heavy (non-hydrogen) atoms. The van der Waals surface area contributed by atoms with Gasteiger partial charge in [-0.3, -0.25) is 4.79 Å². The number of anilines is 1. The lowest BCUT2D eigenvalue weighted by Crippen LogP contribution is -2.35. The van der Waals surface area contributed by atoms with E-state index >= 15 is 0 Å². The van der Waals surface area contributed by atoms with Gasteiger partial charge in [-0.1, -0.05) is 6.07 Å². The molecule has 3 heterocycles. The number of hydrogen-bond donors (Lipinski definition) is 2. The first-order valence-electron chi connectivity index (χ1n) is 10.3. The van der Waals surface area contributed by atoms with Crippen molar-refractivity contribution in [2.75, 3.05) is 25.6 Å². The molecule has 2 aliphatic rings. The van der Waals surface area contributed by atoms with Gasteiger partial charge in [0.25, 0.3) is 5.91 Å². The van der Waals surface area contributed by atoms with Gasteiger partial charge < -0.3 is 33.8 Å². The van der Waals surface area contributed by atoms with Crippen molar-refractivity contribution in [3.63, 3.8) is 0 Å². The van der Waals surface area contributed by atoms with Crippen LogP contribution in [0.3, 0.4) is 0 Å². The molecule has 170 valence electrons. The molecule has 2 unspecified atom stereocenters. The van der Waals surface area contributed by atoms with E-state index in [2.05, 4.69) is 5.32 Å². The minimum absolute atomic E-state index is 0.119. The van der Waals surface area contributed by atoms with Crippen LogP contribution in [0, 0.1) is 6.92 Å². The number of carbonyl (C=O) groups excluding carboxylic acids is 1. The van der Waals surface area contributed by atoms with Crippen molar-refractivity contribution in [2.24, 2.45) is 0 Å². The Labute approximate surface area is 188 Å². The Morgan fingerprint density at radius 3 is 2.61 bits per heavy atom. The molecule has 0 saturated carbocycles. The lowest BCUT2D eigenvalue weighted by Gasteiger charge is -2.21. The number of benzene rings is 2. The number of fused-ring (bicyclic) bond motifs is 2. The van der Waals surface area contributed by atoms with Gasteiger partial charge in [-0.05, 0) is 36.8 Å². The molecule has 0 saturated heterocycles. The summed E-state index contributed by atoms with van der Waals surface area (Å²) in [6, 6.07) is 11.3. The SMILES string of the molecule is COc1ccc(C2c3c(cc(C)oc3=O)OC2C(=O)Nc2ccc3c(c2)OCCO3)cc1O. The van der Waals surface area contributed by atoms with Crippen molar-refractivity contribution in [2.45, 2.75) is 18.9 Å². The third-order valence-corrected chi connectivity index (χ3v) is 5.57. The fraction of sp³-hybridized carbons (Fsp3) is 0.250. The lowest BCUT2D eigenvalue weighted by molar-refractivity contribution is -0.122. The van der Waals surface area contributed by atoms with E-state index in [1.807, 2.05) is 0 Å². The van der Waals surface area contributed by atoms with Gasteiger partial charge >= 0.3 is 5.63 Å². The summed E-state index contributed by atoms with van der Waals surface area (Å²) < 4.78 is 27.4. The molecule has 9 heteroatoms. The topological polar surface area (TPSA) is 116 Å². The number of aromatic hydroxyl groups is 1. The van der Waals surface area contributed by atoms with E-state index in [1.165, 1.54) is 13.2 Å². The van der Waals surface area contributed by atoms with Gasteiger partial charge in [0.15, 0.2) is 29.1 Å². The molecule has 0 bridgehead atoms. The van der Waals surface area contributed by atoms with Gasteiger partial charge in [0.1, 0.15) is 24.7 Å². The van der Waals surface area contributed by atoms with Crippen molar-refractivity contribution in [3.8, 4) is 28.7 Å². The number of rotatable bonds is 4. The zero-order valence-corrected chi connectivity index (χ0v) is 17.9. The van der Waals surface area contributed by atoms with Gasteiger partial charge in [-0.25, -0.2) is 4.79 Å². The van der Waals surface area contributed by atoms with Gasteiger partial charge in [-0.15, -0.1) is 0 Å². The second-order valence-electron chi connectivity index (χ2n) is 7.72. The first-order chi connectivity index (χ1) is 15.9. The molecule has 2 aromatic carbocycles. The van der Waals surface area contributed by atoms with Gasteiger partial charge in [0.2, 0.25) is 0 Å². The minimum atomic E-state index is -1.08. The number of carbonyl (C=O) groups is 1. The summed E-state index contributed by atoms with van der Waals surface area (Å²) in [4.78, 5) is 26.0. The predicted octanol–water partition coefficient (Wildman–Crippen LogP) is 2.97. The summed E-state index contributed by atoms with van der Waals surface area (Å²) in [7, 11) is 1.43. The standard InChI is InChI=1S/C24H21NO8/c1-12-9-19-21(24(28)32-12)20(13-3-5-16(29-2)15(26)10-13)22(33-19)23(27)25-14-4-6-17-18(11-14)31-8-7-30-17/h3-6,9-11,20,22,26H,7-8H2,1-2H3,(H,25,27). The number of ether oxygens (including phenoxy) is 4. The van der Waals surface area contributed by atoms with Gasteiger partial charge in [0.05, 0.1) is 18.6 Å². The van der Waals surface area contributed by atoms with Gasteiger partial charge in [-0.2, -0.15) is 0 Å². The molecule has 0 radical (unpaired) electrons. The van der Waals surface area contributed by atoms with Crippen LogP contribution >= 0.6 is 0 Å².